The Morgan fingerprint density at radius 2 is 1.23 bits per heavy atom. The van der Waals surface area contributed by atoms with E-state index in [1.165, 1.54) is 0 Å². The van der Waals surface area contributed by atoms with Crippen molar-refractivity contribution in [2.24, 2.45) is 5.73 Å². The minimum atomic E-state index is 0.0786. The molecule has 35 heavy (non-hydrogen) atoms. The summed E-state index contributed by atoms with van der Waals surface area (Å²) < 4.78 is 21.8. The van der Waals surface area contributed by atoms with E-state index in [1.807, 2.05) is 24.3 Å². The third kappa shape index (κ3) is 9.92. The van der Waals surface area contributed by atoms with Crippen LogP contribution in [0.25, 0.3) is 0 Å². The highest BCUT2D eigenvalue weighted by atomic mass is 16.5. The molecule has 0 bridgehead atoms. The van der Waals surface area contributed by atoms with Gasteiger partial charge in [-0.15, -0.1) is 0 Å². The molecule has 3 N–H and O–H groups in total. The molecule has 0 amide bonds. The summed E-state index contributed by atoms with van der Waals surface area (Å²) in [5.41, 5.74) is 6.76. The molecule has 2 aromatic carbocycles. The highest BCUT2D eigenvalue weighted by Gasteiger charge is 2.10. The lowest BCUT2D eigenvalue weighted by Crippen LogP contribution is -2.38. The Kier molecular flexibility index (Phi) is 11.3. The van der Waals surface area contributed by atoms with Crippen molar-refractivity contribution in [3.8, 4) is 17.6 Å². The van der Waals surface area contributed by atoms with Gasteiger partial charge in [0, 0.05) is 44.8 Å². The minimum Gasteiger partial charge on any atom is -0.492 e. The highest BCUT2D eigenvalue weighted by molar-refractivity contribution is 5.94. The maximum Gasteiger partial charge on any atom is 0.122 e. The van der Waals surface area contributed by atoms with E-state index in [0.29, 0.717) is 18.8 Å². The molecule has 2 saturated heterocycles. The van der Waals surface area contributed by atoms with Crippen molar-refractivity contribution in [3.63, 3.8) is 0 Å². The summed E-state index contributed by atoms with van der Waals surface area (Å²) in [5, 5.41) is 16.0. The van der Waals surface area contributed by atoms with E-state index in [0.717, 1.165) is 82.8 Å². The summed E-state index contributed by atoms with van der Waals surface area (Å²) in [6.45, 7) is 10.4. The summed E-state index contributed by atoms with van der Waals surface area (Å²) in [6, 6.07) is 16.6. The van der Waals surface area contributed by atoms with E-state index < -0.39 is 0 Å². The minimum absolute atomic E-state index is 0.0786. The van der Waals surface area contributed by atoms with Crippen LogP contribution >= 0.6 is 0 Å². The van der Waals surface area contributed by atoms with E-state index in [1.54, 1.807) is 24.3 Å². The average Bonchev–Trinajstić information content (AvgIpc) is 2.91. The zero-order valence-electron chi connectivity index (χ0n) is 20.2. The Morgan fingerprint density at radius 1 is 0.800 bits per heavy atom. The van der Waals surface area contributed by atoms with Crippen LogP contribution in [0.3, 0.4) is 0 Å². The molecule has 2 fully saturated rings. The fourth-order valence-electron chi connectivity index (χ4n) is 3.59. The largest absolute Gasteiger partial charge is 0.492 e. The lowest BCUT2D eigenvalue weighted by atomic mass is 10.2. The molecular formula is C26H35N5O4. The zero-order chi connectivity index (χ0) is 24.7. The Bertz CT molecular complexity index is 918. The van der Waals surface area contributed by atoms with Gasteiger partial charge in [0.1, 0.15) is 30.5 Å². The second kappa shape index (κ2) is 15.0. The Balaban J connectivity index is 0.000000196. The van der Waals surface area contributed by atoms with E-state index >= 15 is 0 Å². The zero-order valence-corrected chi connectivity index (χ0v) is 20.2. The molecule has 4 rings (SSSR count). The quantitative estimate of drug-likeness (QED) is 0.412. The number of nitriles is 1. The monoisotopic (exact) mass is 481 g/mol. The Hall–Kier alpha value is -3.16. The Labute approximate surface area is 207 Å². The van der Waals surface area contributed by atoms with Crippen LogP contribution in [0.1, 0.15) is 11.1 Å². The average molecular weight is 482 g/mol. The molecule has 2 aliphatic heterocycles. The maximum atomic E-state index is 8.67. The van der Waals surface area contributed by atoms with Crippen molar-refractivity contribution in [1.29, 1.82) is 10.7 Å². The number of nitrogens with zero attached hydrogens (tertiary/aromatic N) is 3. The first-order chi connectivity index (χ1) is 17.1. The maximum absolute atomic E-state index is 8.67. The van der Waals surface area contributed by atoms with Crippen molar-refractivity contribution in [3.05, 3.63) is 59.7 Å². The lowest BCUT2D eigenvalue weighted by Gasteiger charge is -2.26. The third-order valence-electron chi connectivity index (χ3n) is 5.71. The van der Waals surface area contributed by atoms with Crippen molar-refractivity contribution >= 4 is 5.84 Å². The van der Waals surface area contributed by atoms with Crippen LogP contribution in [0.4, 0.5) is 0 Å². The van der Waals surface area contributed by atoms with Gasteiger partial charge in [-0.05, 0) is 48.5 Å². The summed E-state index contributed by atoms with van der Waals surface area (Å²) in [6.07, 6.45) is 0. The highest BCUT2D eigenvalue weighted by Crippen LogP contribution is 2.12. The van der Waals surface area contributed by atoms with Crippen molar-refractivity contribution in [1.82, 2.24) is 9.80 Å². The number of hydrogen-bond acceptors (Lipinski definition) is 8. The fraction of sp³-hybridized carbons (Fsp3) is 0.462. The van der Waals surface area contributed by atoms with E-state index in [4.69, 9.17) is 35.4 Å². The summed E-state index contributed by atoms with van der Waals surface area (Å²) in [5.74, 6) is 1.71. The molecule has 0 unspecified atom stereocenters. The van der Waals surface area contributed by atoms with E-state index in [-0.39, 0.29) is 5.84 Å². The van der Waals surface area contributed by atoms with E-state index in [2.05, 4.69) is 15.9 Å². The summed E-state index contributed by atoms with van der Waals surface area (Å²) >= 11 is 0. The molecule has 0 aliphatic carbocycles. The number of hydrogen-bond donors (Lipinski definition) is 2. The Morgan fingerprint density at radius 3 is 1.63 bits per heavy atom. The van der Waals surface area contributed by atoms with Gasteiger partial charge in [0.25, 0.3) is 0 Å². The van der Waals surface area contributed by atoms with Gasteiger partial charge in [-0.3, -0.25) is 15.2 Å². The van der Waals surface area contributed by atoms with Crippen LogP contribution in [-0.4, -0.2) is 94.5 Å². The first-order valence-corrected chi connectivity index (χ1v) is 11.9. The van der Waals surface area contributed by atoms with Crippen LogP contribution in [0.15, 0.2) is 48.5 Å². The van der Waals surface area contributed by atoms with Gasteiger partial charge in [0.2, 0.25) is 0 Å². The molecule has 2 heterocycles. The molecule has 2 aliphatic rings. The second-order valence-corrected chi connectivity index (χ2v) is 8.18. The van der Waals surface area contributed by atoms with Crippen LogP contribution in [-0.2, 0) is 9.47 Å². The van der Waals surface area contributed by atoms with Gasteiger partial charge in [0.15, 0.2) is 0 Å². The van der Waals surface area contributed by atoms with Gasteiger partial charge in [0.05, 0.1) is 38.1 Å². The molecule has 0 atom stereocenters. The lowest BCUT2D eigenvalue weighted by molar-refractivity contribution is 0.0321. The SMILES string of the molecule is N#Cc1ccc(OCCN2CCOCC2)cc1.N=C(N)c1ccc(OCCN2CCOCC2)cc1. The first-order valence-electron chi connectivity index (χ1n) is 11.9. The smallest absolute Gasteiger partial charge is 0.122 e. The molecule has 9 nitrogen and oxygen atoms in total. The van der Waals surface area contributed by atoms with Gasteiger partial charge < -0.3 is 24.7 Å². The number of nitrogens with one attached hydrogen (secondary N) is 1. The van der Waals surface area contributed by atoms with Crippen LogP contribution in [0.2, 0.25) is 0 Å². The molecule has 9 heteroatoms. The third-order valence-corrected chi connectivity index (χ3v) is 5.71. The standard InChI is InChI=1S/C13H19N3O2.C13H16N2O2/c14-13(15)11-1-3-12(4-2-11)18-10-7-16-5-8-17-9-6-16;14-11-12-1-3-13(4-2-12)17-10-7-15-5-8-16-9-6-15/h1-4H,5-10H2,(H3,14,15);1-4H,5-10H2. The summed E-state index contributed by atoms with van der Waals surface area (Å²) in [4.78, 5) is 4.65. The number of nitrogens with two attached hydrogens (primary N) is 1. The number of benzene rings is 2. The predicted octanol–water partition coefficient (Wildman–Crippen LogP) is 1.95. The van der Waals surface area contributed by atoms with Crippen molar-refractivity contribution < 1.29 is 18.9 Å². The van der Waals surface area contributed by atoms with Crippen LogP contribution in [0.5, 0.6) is 11.5 Å². The summed E-state index contributed by atoms with van der Waals surface area (Å²) in [7, 11) is 0. The normalized spacial score (nSPS) is 16.4. The number of amidine groups is 1. The predicted molar refractivity (Wildman–Crippen MR) is 134 cm³/mol. The molecular weight excluding hydrogens is 446 g/mol. The molecule has 0 aromatic heterocycles. The molecule has 0 spiro atoms. The van der Waals surface area contributed by atoms with Crippen LogP contribution < -0.4 is 15.2 Å². The van der Waals surface area contributed by atoms with Gasteiger partial charge in [-0.25, -0.2) is 0 Å². The van der Waals surface area contributed by atoms with Gasteiger partial charge >= 0.3 is 0 Å². The number of rotatable bonds is 9. The first kappa shape index (κ1) is 26.4. The fourth-order valence-corrected chi connectivity index (χ4v) is 3.59. The number of morpholine rings is 2. The van der Waals surface area contributed by atoms with Gasteiger partial charge in [-0.1, -0.05) is 0 Å². The number of ether oxygens (including phenoxy) is 4. The van der Waals surface area contributed by atoms with E-state index in [9.17, 15) is 0 Å². The van der Waals surface area contributed by atoms with Gasteiger partial charge in [-0.2, -0.15) is 5.26 Å². The molecule has 0 saturated carbocycles. The van der Waals surface area contributed by atoms with Crippen LogP contribution in [0, 0.1) is 16.7 Å². The number of nitrogen functional groups attached to an aromatic ring is 1. The molecule has 2 aromatic rings. The molecule has 188 valence electrons. The molecule has 0 radical (unpaired) electrons. The topological polar surface area (TPSA) is 117 Å². The van der Waals surface area contributed by atoms with Crippen molar-refractivity contribution in [2.75, 3.05) is 78.9 Å². The van der Waals surface area contributed by atoms with Crippen molar-refractivity contribution in [2.45, 2.75) is 0 Å². The second-order valence-electron chi connectivity index (χ2n) is 8.18.